The van der Waals surface area contributed by atoms with Crippen LogP contribution >= 0.6 is 23.2 Å². The van der Waals surface area contributed by atoms with E-state index in [1.165, 1.54) is 6.07 Å². The number of alkyl halides is 1. The lowest BCUT2D eigenvalue weighted by atomic mass is 10.0. The molecule has 0 radical (unpaired) electrons. The zero-order valence-corrected chi connectivity index (χ0v) is 10.5. The van der Waals surface area contributed by atoms with Crippen molar-refractivity contribution in [1.82, 2.24) is 0 Å². The Morgan fingerprint density at radius 3 is 2.35 bits per heavy atom. The van der Waals surface area contributed by atoms with Crippen molar-refractivity contribution < 1.29 is 4.39 Å². The summed E-state index contributed by atoms with van der Waals surface area (Å²) in [5.41, 5.74) is 1.44. The van der Waals surface area contributed by atoms with Gasteiger partial charge >= 0.3 is 0 Å². The maximum absolute atomic E-state index is 13.6. The molecule has 0 nitrogen and oxygen atoms in total. The largest absolute Gasteiger partial charge is 0.207 e. The molecule has 1 unspecified atom stereocenters. The minimum Gasteiger partial charge on any atom is -0.207 e. The van der Waals surface area contributed by atoms with Gasteiger partial charge in [0.15, 0.2) is 0 Å². The predicted molar refractivity (Wildman–Crippen MR) is 70.2 cm³/mol. The van der Waals surface area contributed by atoms with E-state index in [9.17, 15) is 4.39 Å². The maximum Gasteiger partial charge on any atom is 0.129 e. The van der Waals surface area contributed by atoms with Crippen LogP contribution in [0, 0.1) is 5.82 Å². The van der Waals surface area contributed by atoms with E-state index in [4.69, 9.17) is 23.2 Å². The zero-order valence-electron chi connectivity index (χ0n) is 9.04. The van der Waals surface area contributed by atoms with E-state index in [2.05, 4.69) is 0 Å². The number of hydrogen-bond donors (Lipinski definition) is 0. The van der Waals surface area contributed by atoms with Crippen LogP contribution in [0.5, 0.6) is 0 Å². The topological polar surface area (TPSA) is 0 Å². The second-order valence-corrected chi connectivity index (χ2v) is 4.73. The van der Waals surface area contributed by atoms with Crippen LogP contribution in [0.15, 0.2) is 48.5 Å². The van der Waals surface area contributed by atoms with Gasteiger partial charge in [0.1, 0.15) is 5.82 Å². The predicted octanol–water partition coefficient (Wildman–Crippen LogP) is 5.00. The summed E-state index contributed by atoms with van der Waals surface area (Å²) < 4.78 is 13.6. The van der Waals surface area contributed by atoms with E-state index in [0.717, 1.165) is 5.56 Å². The van der Waals surface area contributed by atoms with Gasteiger partial charge in [-0.2, -0.15) is 0 Å². The molecule has 88 valence electrons. The minimum atomic E-state index is -0.453. The smallest absolute Gasteiger partial charge is 0.129 e. The molecule has 0 aliphatic heterocycles. The molecule has 0 aromatic heterocycles. The molecular weight excluding hydrogens is 258 g/mol. The molecule has 2 rings (SSSR count). The average Bonchev–Trinajstić information content (AvgIpc) is 2.30. The van der Waals surface area contributed by atoms with Crippen molar-refractivity contribution in [2.45, 2.75) is 11.8 Å². The summed E-state index contributed by atoms with van der Waals surface area (Å²) in [5, 5.41) is -0.0768. The molecule has 0 aliphatic rings. The standard InChI is InChI=1S/C14H11Cl2F/c15-11-7-4-8-13(17)14(11)12(16)9-10-5-2-1-3-6-10/h1-8,12H,9H2. The molecule has 0 amide bonds. The van der Waals surface area contributed by atoms with Gasteiger partial charge in [0.25, 0.3) is 0 Å². The quantitative estimate of drug-likeness (QED) is 0.688. The number of halogens is 3. The van der Waals surface area contributed by atoms with E-state index in [1.54, 1.807) is 12.1 Å². The van der Waals surface area contributed by atoms with Gasteiger partial charge in [0.2, 0.25) is 0 Å². The Morgan fingerprint density at radius 2 is 1.71 bits per heavy atom. The average molecular weight is 269 g/mol. The Kier molecular flexibility index (Phi) is 4.03. The van der Waals surface area contributed by atoms with Gasteiger partial charge in [0, 0.05) is 10.6 Å². The van der Waals surface area contributed by atoms with Crippen LogP contribution in [0.2, 0.25) is 5.02 Å². The first-order valence-electron chi connectivity index (χ1n) is 5.30. The summed E-state index contributed by atoms with van der Waals surface area (Å²) in [4.78, 5) is 0. The lowest BCUT2D eigenvalue weighted by molar-refractivity contribution is 0.606. The maximum atomic E-state index is 13.6. The third-order valence-corrected chi connectivity index (χ3v) is 3.27. The van der Waals surface area contributed by atoms with Crippen molar-refractivity contribution in [3.63, 3.8) is 0 Å². The summed E-state index contributed by atoms with van der Waals surface area (Å²) in [5.74, 6) is -0.353. The zero-order chi connectivity index (χ0) is 12.3. The van der Waals surface area contributed by atoms with Crippen molar-refractivity contribution in [2.75, 3.05) is 0 Å². The lowest BCUT2D eigenvalue weighted by Gasteiger charge is -2.12. The molecule has 0 fully saturated rings. The monoisotopic (exact) mass is 268 g/mol. The van der Waals surface area contributed by atoms with Crippen molar-refractivity contribution in [3.8, 4) is 0 Å². The molecule has 1 atom stereocenters. The first-order chi connectivity index (χ1) is 8.18. The van der Waals surface area contributed by atoms with Gasteiger partial charge in [-0.1, -0.05) is 48.0 Å². The van der Waals surface area contributed by atoms with Gasteiger partial charge in [-0.05, 0) is 24.1 Å². The summed E-state index contributed by atoms with van der Waals surface area (Å²) >= 11 is 12.2. The summed E-state index contributed by atoms with van der Waals surface area (Å²) in [6.07, 6.45) is 0.559. The molecule has 0 heterocycles. The molecule has 0 bridgehead atoms. The van der Waals surface area contributed by atoms with Crippen molar-refractivity contribution >= 4 is 23.2 Å². The van der Waals surface area contributed by atoms with E-state index in [-0.39, 0.29) is 5.82 Å². The van der Waals surface area contributed by atoms with Crippen molar-refractivity contribution in [2.24, 2.45) is 0 Å². The third-order valence-electron chi connectivity index (χ3n) is 2.57. The number of hydrogen-bond acceptors (Lipinski definition) is 0. The van der Waals surface area contributed by atoms with Gasteiger partial charge in [-0.25, -0.2) is 4.39 Å². The molecule has 0 spiro atoms. The second-order valence-electron chi connectivity index (χ2n) is 3.79. The molecule has 0 saturated heterocycles. The fraction of sp³-hybridized carbons (Fsp3) is 0.143. The molecule has 0 saturated carbocycles. The van der Waals surface area contributed by atoms with E-state index < -0.39 is 5.38 Å². The van der Waals surface area contributed by atoms with Gasteiger partial charge < -0.3 is 0 Å². The van der Waals surface area contributed by atoms with Crippen LogP contribution in [0.4, 0.5) is 4.39 Å². The summed E-state index contributed by atoms with van der Waals surface area (Å²) in [6, 6.07) is 14.3. The van der Waals surface area contributed by atoms with E-state index in [1.807, 2.05) is 30.3 Å². The molecular formula is C14H11Cl2F. The van der Waals surface area contributed by atoms with Crippen LogP contribution in [-0.2, 0) is 6.42 Å². The fourth-order valence-corrected chi connectivity index (χ4v) is 2.48. The van der Waals surface area contributed by atoms with Crippen molar-refractivity contribution in [3.05, 3.63) is 70.5 Å². The van der Waals surface area contributed by atoms with Gasteiger partial charge in [-0.3, -0.25) is 0 Å². The number of benzene rings is 2. The van der Waals surface area contributed by atoms with Crippen LogP contribution in [-0.4, -0.2) is 0 Å². The molecule has 0 aliphatic carbocycles. The Morgan fingerprint density at radius 1 is 1.00 bits per heavy atom. The normalized spacial score (nSPS) is 12.4. The Bertz CT molecular complexity index is 477. The fourth-order valence-electron chi connectivity index (χ4n) is 1.73. The van der Waals surface area contributed by atoms with Crippen molar-refractivity contribution in [1.29, 1.82) is 0 Å². The molecule has 3 heteroatoms. The van der Waals surface area contributed by atoms with Crippen LogP contribution in [0.1, 0.15) is 16.5 Å². The number of rotatable bonds is 3. The van der Waals surface area contributed by atoms with E-state index >= 15 is 0 Å². The SMILES string of the molecule is Fc1cccc(Cl)c1C(Cl)Cc1ccccc1. The molecule has 17 heavy (non-hydrogen) atoms. The van der Waals surface area contributed by atoms with Crippen LogP contribution in [0.3, 0.4) is 0 Å². The molecule has 0 N–H and O–H groups in total. The van der Waals surface area contributed by atoms with Gasteiger partial charge in [0.05, 0.1) is 5.38 Å². The second kappa shape index (κ2) is 5.52. The highest BCUT2D eigenvalue weighted by molar-refractivity contribution is 6.32. The third kappa shape index (κ3) is 2.99. The summed E-state index contributed by atoms with van der Waals surface area (Å²) in [7, 11) is 0. The molecule has 2 aromatic carbocycles. The minimum absolute atomic E-state index is 0.353. The first kappa shape index (κ1) is 12.4. The van der Waals surface area contributed by atoms with Crippen LogP contribution < -0.4 is 0 Å². The Labute approximate surface area is 110 Å². The van der Waals surface area contributed by atoms with Gasteiger partial charge in [-0.15, -0.1) is 11.6 Å². The Balaban J connectivity index is 2.23. The Hall–Kier alpha value is -1.05. The summed E-state index contributed by atoms with van der Waals surface area (Å²) in [6.45, 7) is 0. The highest BCUT2D eigenvalue weighted by Crippen LogP contribution is 2.32. The highest BCUT2D eigenvalue weighted by atomic mass is 35.5. The van der Waals surface area contributed by atoms with Crippen LogP contribution in [0.25, 0.3) is 0 Å². The molecule has 2 aromatic rings. The highest BCUT2D eigenvalue weighted by Gasteiger charge is 2.16. The first-order valence-corrected chi connectivity index (χ1v) is 6.12. The lowest BCUT2D eigenvalue weighted by Crippen LogP contribution is -2.00. The van der Waals surface area contributed by atoms with E-state index in [0.29, 0.717) is 17.0 Å².